The fraction of sp³-hybridized carbons (Fsp3) is 0.227. The fourth-order valence-electron chi connectivity index (χ4n) is 3.44. The van der Waals surface area contributed by atoms with Crippen LogP contribution >= 0.6 is 0 Å². The minimum Gasteiger partial charge on any atom is -0.479 e. The molecule has 0 saturated carbocycles. The lowest BCUT2D eigenvalue weighted by Crippen LogP contribution is -2.45. The van der Waals surface area contributed by atoms with Crippen LogP contribution in [0.5, 0.6) is 5.75 Å². The average Bonchev–Trinajstić information content (AvgIpc) is 2.71. The Kier molecular flexibility index (Phi) is 4.69. The monoisotopic (exact) mass is 375 g/mol. The van der Waals surface area contributed by atoms with E-state index in [4.69, 9.17) is 4.74 Å². The molecule has 0 spiro atoms. The van der Waals surface area contributed by atoms with Gasteiger partial charge in [-0.15, -0.1) is 0 Å². The van der Waals surface area contributed by atoms with E-state index < -0.39 is 6.10 Å². The van der Waals surface area contributed by atoms with Crippen molar-refractivity contribution < 1.29 is 14.3 Å². The number of benzene rings is 2. The van der Waals surface area contributed by atoms with Gasteiger partial charge >= 0.3 is 0 Å². The Balaban J connectivity index is 1.50. The first-order chi connectivity index (χ1) is 13.5. The highest BCUT2D eigenvalue weighted by molar-refractivity contribution is 6.03. The van der Waals surface area contributed by atoms with E-state index in [0.29, 0.717) is 11.4 Å². The topological polar surface area (TPSA) is 71.5 Å². The molecule has 1 aromatic heterocycles. The number of aryl methyl sites for hydroxylation is 1. The van der Waals surface area contributed by atoms with Crippen LogP contribution in [0.2, 0.25) is 0 Å². The molecule has 4 rings (SSSR count). The summed E-state index contributed by atoms with van der Waals surface area (Å²) in [6, 6.07) is 15.0. The highest BCUT2D eigenvalue weighted by Gasteiger charge is 2.31. The molecule has 142 valence electrons. The van der Waals surface area contributed by atoms with Crippen LogP contribution in [0.25, 0.3) is 10.9 Å². The van der Waals surface area contributed by atoms with Crippen molar-refractivity contribution >= 4 is 34.1 Å². The van der Waals surface area contributed by atoms with Crippen LogP contribution in [0.4, 0.5) is 11.4 Å². The number of carbonyl (C=O) groups is 2. The largest absolute Gasteiger partial charge is 0.479 e. The summed E-state index contributed by atoms with van der Waals surface area (Å²) in [6.45, 7) is 4.00. The van der Waals surface area contributed by atoms with Crippen molar-refractivity contribution in [3.63, 3.8) is 0 Å². The fourth-order valence-corrected chi connectivity index (χ4v) is 3.44. The molecular formula is C22H21N3O3. The van der Waals surface area contributed by atoms with E-state index in [0.717, 1.165) is 22.2 Å². The highest BCUT2D eigenvalue weighted by Crippen LogP contribution is 2.33. The van der Waals surface area contributed by atoms with Crippen molar-refractivity contribution in [3.8, 4) is 5.75 Å². The average molecular weight is 375 g/mol. The molecule has 6 heteroatoms. The number of rotatable bonds is 4. The Morgan fingerprint density at radius 3 is 2.86 bits per heavy atom. The van der Waals surface area contributed by atoms with Crippen LogP contribution in [0, 0.1) is 6.92 Å². The number of hydrogen-bond donors (Lipinski definition) is 1. The number of anilines is 2. The molecule has 28 heavy (non-hydrogen) atoms. The lowest BCUT2D eigenvalue weighted by Gasteiger charge is -2.32. The number of fused-ring (bicyclic) bond motifs is 2. The lowest BCUT2D eigenvalue weighted by atomic mass is 10.1. The predicted molar refractivity (Wildman–Crippen MR) is 109 cm³/mol. The smallest absolute Gasteiger partial charge is 0.267 e. The quantitative estimate of drug-likeness (QED) is 0.755. The zero-order chi connectivity index (χ0) is 19.7. The zero-order valence-corrected chi connectivity index (χ0v) is 15.8. The van der Waals surface area contributed by atoms with Crippen LogP contribution in [-0.4, -0.2) is 29.4 Å². The number of hydrogen-bond acceptors (Lipinski definition) is 4. The molecule has 0 aliphatic carbocycles. The van der Waals surface area contributed by atoms with Gasteiger partial charge in [-0.1, -0.05) is 18.2 Å². The predicted octanol–water partition coefficient (Wildman–Crippen LogP) is 3.69. The van der Waals surface area contributed by atoms with Gasteiger partial charge in [-0.25, -0.2) is 0 Å². The van der Waals surface area contributed by atoms with Crippen molar-refractivity contribution in [3.05, 3.63) is 60.3 Å². The van der Waals surface area contributed by atoms with E-state index in [9.17, 15) is 9.59 Å². The van der Waals surface area contributed by atoms with E-state index in [2.05, 4.69) is 10.3 Å². The van der Waals surface area contributed by atoms with Gasteiger partial charge in [0, 0.05) is 24.5 Å². The molecule has 1 aliphatic heterocycles. The molecule has 1 N–H and O–H groups in total. The lowest BCUT2D eigenvalue weighted by molar-refractivity contribution is -0.125. The molecule has 0 fully saturated rings. The van der Waals surface area contributed by atoms with Crippen LogP contribution in [-0.2, 0) is 9.59 Å². The maximum atomic E-state index is 12.6. The molecular weight excluding hydrogens is 354 g/mol. The second-order valence-corrected chi connectivity index (χ2v) is 6.85. The number of ether oxygens (including phenoxy) is 1. The first-order valence-corrected chi connectivity index (χ1v) is 9.26. The van der Waals surface area contributed by atoms with Crippen molar-refractivity contribution in [2.45, 2.75) is 26.4 Å². The van der Waals surface area contributed by atoms with Crippen molar-refractivity contribution in [1.29, 1.82) is 0 Å². The summed E-state index contributed by atoms with van der Waals surface area (Å²) in [7, 11) is 0. The van der Waals surface area contributed by atoms with Gasteiger partial charge in [0.2, 0.25) is 5.91 Å². The maximum Gasteiger partial charge on any atom is 0.267 e. The molecule has 2 aromatic carbocycles. The number of pyridine rings is 1. The Labute approximate surface area is 163 Å². The first-order valence-electron chi connectivity index (χ1n) is 9.26. The number of amides is 2. The minimum absolute atomic E-state index is 0.142. The number of carbonyl (C=O) groups excluding carboxylic acids is 2. The van der Waals surface area contributed by atoms with Gasteiger partial charge in [0.1, 0.15) is 5.75 Å². The SMILES string of the molecule is Cc1ccc(NC(=O)CCN2C(=O)C(C)Oc3ccccc32)c2cccnc12. The third kappa shape index (κ3) is 3.29. The van der Waals surface area contributed by atoms with Crippen LogP contribution < -0.4 is 15.0 Å². The van der Waals surface area contributed by atoms with Gasteiger partial charge in [-0.2, -0.15) is 0 Å². The van der Waals surface area contributed by atoms with E-state index in [1.165, 1.54) is 0 Å². The molecule has 6 nitrogen and oxygen atoms in total. The molecule has 3 aromatic rings. The molecule has 0 saturated heterocycles. The summed E-state index contributed by atoms with van der Waals surface area (Å²) in [6.07, 6.45) is 1.36. The molecule has 1 atom stereocenters. The number of nitrogens with one attached hydrogen (secondary N) is 1. The van der Waals surface area contributed by atoms with E-state index in [1.807, 2.05) is 55.5 Å². The molecule has 2 amide bonds. The first kappa shape index (κ1) is 18.0. The second-order valence-electron chi connectivity index (χ2n) is 6.85. The standard InChI is InChI=1S/C22H21N3O3/c1-14-9-10-17(16-6-5-12-23-21(14)16)24-20(26)11-13-25-18-7-3-4-8-19(18)28-15(2)22(25)27/h3-10,12,15H,11,13H2,1-2H3,(H,24,26). The summed E-state index contributed by atoms with van der Waals surface area (Å²) in [5, 5.41) is 3.85. The molecule has 1 unspecified atom stereocenters. The number of nitrogens with zero attached hydrogens (tertiary/aromatic N) is 2. The van der Waals surface area contributed by atoms with E-state index >= 15 is 0 Å². The van der Waals surface area contributed by atoms with Gasteiger partial charge < -0.3 is 15.0 Å². The van der Waals surface area contributed by atoms with Crippen LogP contribution in [0.1, 0.15) is 18.9 Å². The molecule has 0 bridgehead atoms. The summed E-state index contributed by atoms with van der Waals surface area (Å²) < 4.78 is 5.64. The summed E-state index contributed by atoms with van der Waals surface area (Å²) in [5.41, 5.74) is 3.34. The molecule has 2 heterocycles. The third-order valence-electron chi connectivity index (χ3n) is 4.88. The Hall–Kier alpha value is -3.41. The maximum absolute atomic E-state index is 12.6. The molecule has 0 radical (unpaired) electrons. The summed E-state index contributed by atoms with van der Waals surface area (Å²) in [4.78, 5) is 31.1. The van der Waals surface area contributed by atoms with E-state index in [1.54, 1.807) is 18.0 Å². The number of aromatic nitrogens is 1. The minimum atomic E-state index is -0.565. The normalized spacial score (nSPS) is 15.9. The number of para-hydroxylation sites is 2. The van der Waals surface area contributed by atoms with E-state index in [-0.39, 0.29) is 24.8 Å². The van der Waals surface area contributed by atoms with Gasteiger partial charge in [-0.05, 0) is 49.7 Å². The van der Waals surface area contributed by atoms with Gasteiger partial charge in [-0.3, -0.25) is 14.6 Å². The summed E-state index contributed by atoms with van der Waals surface area (Å²) in [5.74, 6) is 0.362. The zero-order valence-electron chi connectivity index (χ0n) is 15.8. The third-order valence-corrected chi connectivity index (χ3v) is 4.88. The Morgan fingerprint density at radius 2 is 2.00 bits per heavy atom. The Bertz CT molecular complexity index is 1060. The van der Waals surface area contributed by atoms with Gasteiger partial charge in [0.05, 0.1) is 16.9 Å². The van der Waals surface area contributed by atoms with Crippen LogP contribution in [0.3, 0.4) is 0 Å². The van der Waals surface area contributed by atoms with Gasteiger partial charge in [0.25, 0.3) is 5.91 Å². The second kappa shape index (κ2) is 7.31. The highest BCUT2D eigenvalue weighted by atomic mass is 16.5. The van der Waals surface area contributed by atoms with Crippen molar-refractivity contribution in [2.24, 2.45) is 0 Å². The van der Waals surface area contributed by atoms with Gasteiger partial charge in [0.15, 0.2) is 6.10 Å². The van der Waals surface area contributed by atoms with Crippen molar-refractivity contribution in [1.82, 2.24) is 4.98 Å². The van der Waals surface area contributed by atoms with Crippen molar-refractivity contribution in [2.75, 3.05) is 16.8 Å². The van der Waals surface area contributed by atoms with Crippen LogP contribution in [0.15, 0.2) is 54.7 Å². The summed E-state index contributed by atoms with van der Waals surface area (Å²) >= 11 is 0. The molecule has 1 aliphatic rings. The Morgan fingerprint density at radius 1 is 1.18 bits per heavy atom.